The second kappa shape index (κ2) is 5.55. The highest BCUT2D eigenvalue weighted by Crippen LogP contribution is 2.18. The van der Waals surface area contributed by atoms with E-state index in [1.807, 2.05) is 25.2 Å². The van der Waals surface area contributed by atoms with Gasteiger partial charge in [-0.3, -0.25) is 0 Å². The van der Waals surface area contributed by atoms with E-state index < -0.39 is 0 Å². The van der Waals surface area contributed by atoms with E-state index in [4.69, 9.17) is 11.6 Å². The van der Waals surface area contributed by atoms with Crippen molar-refractivity contribution < 1.29 is 0 Å². The average molecular weight is 286 g/mol. The standard InChI is InChI=1S/C16H16ClN3/c1-20-15-5-3-2-4-14(15)19-16(20)18-11-13-8-6-12(10-17)7-9-13/h2-9H,10-11H2,1H3,(H,18,19). The summed E-state index contributed by atoms with van der Waals surface area (Å²) in [5.41, 5.74) is 4.49. The van der Waals surface area contributed by atoms with Crippen molar-refractivity contribution >= 4 is 28.6 Å². The van der Waals surface area contributed by atoms with E-state index in [2.05, 4.69) is 45.2 Å². The van der Waals surface area contributed by atoms with Crippen molar-refractivity contribution in [3.05, 3.63) is 59.7 Å². The van der Waals surface area contributed by atoms with Crippen molar-refractivity contribution in [2.24, 2.45) is 7.05 Å². The summed E-state index contributed by atoms with van der Waals surface area (Å²) < 4.78 is 2.07. The van der Waals surface area contributed by atoms with E-state index in [1.54, 1.807) is 0 Å². The van der Waals surface area contributed by atoms with Crippen molar-refractivity contribution in [3.63, 3.8) is 0 Å². The first-order chi connectivity index (χ1) is 9.78. The molecule has 20 heavy (non-hydrogen) atoms. The quantitative estimate of drug-likeness (QED) is 0.736. The molecular formula is C16H16ClN3. The number of para-hydroxylation sites is 2. The van der Waals surface area contributed by atoms with Gasteiger partial charge in [-0.05, 0) is 23.3 Å². The average Bonchev–Trinajstić information content (AvgIpc) is 2.83. The molecular weight excluding hydrogens is 270 g/mol. The number of imidazole rings is 1. The summed E-state index contributed by atoms with van der Waals surface area (Å²) in [5, 5.41) is 3.38. The number of halogens is 1. The third-order valence-corrected chi connectivity index (χ3v) is 3.72. The smallest absolute Gasteiger partial charge is 0.203 e. The topological polar surface area (TPSA) is 29.9 Å². The SMILES string of the molecule is Cn1c(NCc2ccc(CCl)cc2)nc2ccccc21. The van der Waals surface area contributed by atoms with Gasteiger partial charge in [0.25, 0.3) is 0 Å². The van der Waals surface area contributed by atoms with E-state index in [-0.39, 0.29) is 0 Å². The van der Waals surface area contributed by atoms with Gasteiger partial charge in [-0.25, -0.2) is 4.98 Å². The van der Waals surface area contributed by atoms with Crippen LogP contribution >= 0.6 is 11.6 Å². The highest BCUT2D eigenvalue weighted by atomic mass is 35.5. The predicted octanol–water partition coefficient (Wildman–Crippen LogP) is 3.92. The lowest BCUT2D eigenvalue weighted by atomic mass is 10.1. The Hall–Kier alpha value is -2.00. The van der Waals surface area contributed by atoms with Crippen LogP contribution in [0.15, 0.2) is 48.5 Å². The van der Waals surface area contributed by atoms with Gasteiger partial charge in [0.2, 0.25) is 5.95 Å². The molecule has 1 aromatic heterocycles. The molecule has 0 aliphatic rings. The molecule has 0 aliphatic heterocycles. The Balaban J connectivity index is 1.77. The maximum Gasteiger partial charge on any atom is 0.203 e. The molecule has 3 aromatic rings. The van der Waals surface area contributed by atoms with Crippen molar-refractivity contribution in [2.75, 3.05) is 5.32 Å². The Morgan fingerprint density at radius 3 is 2.45 bits per heavy atom. The fourth-order valence-corrected chi connectivity index (χ4v) is 2.41. The fraction of sp³-hybridized carbons (Fsp3) is 0.188. The first-order valence-electron chi connectivity index (χ1n) is 6.57. The first-order valence-corrected chi connectivity index (χ1v) is 7.10. The van der Waals surface area contributed by atoms with Gasteiger partial charge in [-0.15, -0.1) is 11.6 Å². The number of rotatable bonds is 4. The molecule has 0 radical (unpaired) electrons. The summed E-state index contributed by atoms with van der Waals surface area (Å²) in [5.74, 6) is 1.44. The highest BCUT2D eigenvalue weighted by Gasteiger charge is 2.06. The zero-order valence-corrected chi connectivity index (χ0v) is 12.1. The van der Waals surface area contributed by atoms with Gasteiger partial charge in [-0.1, -0.05) is 36.4 Å². The molecule has 0 amide bonds. The summed E-state index contributed by atoms with van der Waals surface area (Å²) >= 11 is 5.79. The van der Waals surface area contributed by atoms with Gasteiger partial charge in [-0.2, -0.15) is 0 Å². The van der Waals surface area contributed by atoms with E-state index in [1.165, 1.54) is 5.56 Å². The number of alkyl halides is 1. The molecule has 0 bridgehead atoms. The maximum atomic E-state index is 5.79. The molecule has 0 atom stereocenters. The lowest BCUT2D eigenvalue weighted by molar-refractivity contribution is 0.927. The molecule has 102 valence electrons. The monoisotopic (exact) mass is 285 g/mol. The van der Waals surface area contributed by atoms with Crippen LogP contribution in [0.25, 0.3) is 11.0 Å². The minimum atomic E-state index is 0.554. The summed E-state index contributed by atoms with van der Waals surface area (Å²) in [4.78, 5) is 4.59. The van der Waals surface area contributed by atoms with E-state index in [0.29, 0.717) is 5.88 Å². The fourth-order valence-electron chi connectivity index (χ4n) is 2.23. The zero-order valence-electron chi connectivity index (χ0n) is 11.3. The minimum Gasteiger partial charge on any atom is -0.352 e. The molecule has 1 heterocycles. The van der Waals surface area contributed by atoms with Crippen LogP contribution in [-0.4, -0.2) is 9.55 Å². The first kappa shape index (κ1) is 13.0. The summed E-state index contributed by atoms with van der Waals surface area (Å²) in [6, 6.07) is 16.4. The third kappa shape index (κ3) is 2.49. The second-order valence-corrected chi connectivity index (χ2v) is 5.05. The molecule has 0 spiro atoms. The zero-order chi connectivity index (χ0) is 13.9. The Bertz CT molecular complexity index is 716. The number of hydrogen-bond donors (Lipinski definition) is 1. The maximum absolute atomic E-state index is 5.79. The van der Waals surface area contributed by atoms with Crippen molar-refractivity contribution in [1.29, 1.82) is 0 Å². The molecule has 0 saturated heterocycles. The van der Waals surface area contributed by atoms with E-state index >= 15 is 0 Å². The molecule has 0 unspecified atom stereocenters. The molecule has 4 heteroatoms. The summed E-state index contributed by atoms with van der Waals surface area (Å²) in [6.07, 6.45) is 0. The van der Waals surface area contributed by atoms with Gasteiger partial charge >= 0.3 is 0 Å². The lowest BCUT2D eigenvalue weighted by Crippen LogP contribution is -2.04. The van der Waals surface area contributed by atoms with Crippen molar-refractivity contribution in [2.45, 2.75) is 12.4 Å². The Morgan fingerprint density at radius 1 is 1.05 bits per heavy atom. The number of anilines is 1. The molecule has 1 N–H and O–H groups in total. The second-order valence-electron chi connectivity index (χ2n) is 4.79. The number of aryl methyl sites for hydroxylation is 1. The van der Waals surface area contributed by atoms with Gasteiger partial charge in [0.15, 0.2) is 0 Å². The molecule has 2 aromatic carbocycles. The van der Waals surface area contributed by atoms with Crippen LogP contribution in [-0.2, 0) is 19.5 Å². The van der Waals surface area contributed by atoms with Crippen LogP contribution in [0.1, 0.15) is 11.1 Å². The van der Waals surface area contributed by atoms with Crippen LogP contribution in [0.2, 0.25) is 0 Å². The summed E-state index contributed by atoms with van der Waals surface area (Å²) in [7, 11) is 2.02. The number of fused-ring (bicyclic) bond motifs is 1. The number of benzene rings is 2. The van der Waals surface area contributed by atoms with Crippen molar-refractivity contribution in [3.8, 4) is 0 Å². The van der Waals surface area contributed by atoms with Crippen LogP contribution in [0.3, 0.4) is 0 Å². The molecule has 0 fully saturated rings. The Kier molecular flexibility index (Phi) is 3.61. The van der Waals surface area contributed by atoms with Crippen molar-refractivity contribution in [1.82, 2.24) is 9.55 Å². The number of hydrogen-bond acceptors (Lipinski definition) is 2. The minimum absolute atomic E-state index is 0.554. The van der Waals surface area contributed by atoms with Gasteiger partial charge in [0, 0.05) is 19.5 Å². The van der Waals surface area contributed by atoms with E-state index in [9.17, 15) is 0 Å². The lowest BCUT2D eigenvalue weighted by Gasteiger charge is -2.07. The van der Waals surface area contributed by atoms with Crippen LogP contribution < -0.4 is 5.32 Å². The third-order valence-electron chi connectivity index (χ3n) is 3.42. The Morgan fingerprint density at radius 2 is 1.75 bits per heavy atom. The normalized spacial score (nSPS) is 10.9. The molecule has 0 saturated carbocycles. The predicted molar refractivity (Wildman–Crippen MR) is 84.0 cm³/mol. The van der Waals surface area contributed by atoms with Crippen LogP contribution in [0.5, 0.6) is 0 Å². The van der Waals surface area contributed by atoms with Gasteiger partial charge < -0.3 is 9.88 Å². The molecule has 0 aliphatic carbocycles. The number of nitrogens with one attached hydrogen (secondary N) is 1. The largest absolute Gasteiger partial charge is 0.352 e. The van der Waals surface area contributed by atoms with E-state index in [0.717, 1.165) is 29.1 Å². The van der Waals surface area contributed by atoms with Gasteiger partial charge in [0.05, 0.1) is 11.0 Å². The highest BCUT2D eigenvalue weighted by molar-refractivity contribution is 6.17. The van der Waals surface area contributed by atoms with Crippen LogP contribution in [0, 0.1) is 0 Å². The summed E-state index contributed by atoms with van der Waals surface area (Å²) in [6.45, 7) is 0.750. The number of nitrogens with zero attached hydrogens (tertiary/aromatic N) is 2. The molecule has 3 nitrogen and oxygen atoms in total. The molecule has 3 rings (SSSR count). The Labute approximate surface area is 123 Å². The number of aromatic nitrogens is 2. The van der Waals surface area contributed by atoms with Crippen LogP contribution in [0.4, 0.5) is 5.95 Å². The van der Waals surface area contributed by atoms with Gasteiger partial charge in [0.1, 0.15) is 0 Å².